The van der Waals surface area contributed by atoms with Gasteiger partial charge in [0.25, 0.3) is 0 Å². The van der Waals surface area contributed by atoms with Crippen molar-refractivity contribution >= 4 is 18.0 Å². The van der Waals surface area contributed by atoms with Gasteiger partial charge in [0.2, 0.25) is 0 Å². The molecule has 0 atom stereocenters. The van der Waals surface area contributed by atoms with Gasteiger partial charge in [0.1, 0.15) is 0 Å². The van der Waals surface area contributed by atoms with Crippen molar-refractivity contribution in [2.45, 2.75) is 27.1 Å². The second kappa shape index (κ2) is 10.0. The summed E-state index contributed by atoms with van der Waals surface area (Å²) >= 11 is 0. The maximum atomic E-state index is 9.91. The Bertz CT molecular complexity index is 1210. The van der Waals surface area contributed by atoms with E-state index in [9.17, 15) is 5.26 Å². The van der Waals surface area contributed by atoms with Gasteiger partial charge in [-0.2, -0.15) is 5.10 Å². The monoisotopic (exact) mass is 391 g/mol. The van der Waals surface area contributed by atoms with Crippen LogP contribution < -0.4 is 5.59 Å². The van der Waals surface area contributed by atoms with Crippen LogP contribution >= 0.6 is 0 Å². The summed E-state index contributed by atoms with van der Waals surface area (Å²) in [7, 11) is 0. The van der Waals surface area contributed by atoms with E-state index >= 15 is 0 Å². The molecule has 0 bridgehead atoms. The number of hydrogen-bond acceptors (Lipinski definition) is 4. The largest absolute Gasteiger partial charge is 0.326 e. The first kappa shape index (κ1) is 20.8. The summed E-state index contributed by atoms with van der Waals surface area (Å²) in [5, 5.41) is 14.4. The third-order valence-corrected chi connectivity index (χ3v) is 4.50. The van der Waals surface area contributed by atoms with E-state index in [1.54, 1.807) is 30.0 Å². The Balaban J connectivity index is 0.00000124. The highest BCUT2D eigenvalue weighted by Gasteiger charge is 2.24. The quantitative estimate of drug-likeness (QED) is 0.393. The molecule has 0 aliphatic heterocycles. The van der Waals surface area contributed by atoms with Crippen molar-refractivity contribution in [3.05, 3.63) is 78.2 Å². The molecule has 1 aromatic carbocycles. The molecule has 30 heavy (non-hydrogen) atoms. The number of pyridine rings is 1. The van der Waals surface area contributed by atoms with Crippen molar-refractivity contribution in [2.75, 3.05) is 0 Å². The van der Waals surface area contributed by atoms with Crippen LogP contribution in [-0.2, 0) is 6.32 Å². The van der Waals surface area contributed by atoms with Gasteiger partial charge in [0.15, 0.2) is 5.65 Å². The molecule has 0 saturated carbocycles. The van der Waals surface area contributed by atoms with E-state index in [1.807, 2.05) is 62.4 Å². The lowest BCUT2D eigenvalue weighted by atomic mass is 9.45. The van der Waals surface area contributed by atoms with Crippen LogP contribution in [0, 0.1) is 23.1 Å². The third kappa shape index (κ3) is 4.40. The van der Waals surface area contributed by atoms with Gasteiger partial charge in [-0.25, -0.2) is 14.8 Å². The van der Waals surface area contributed by atoms with E-state index in [4.69, 9.17) is 4.98 Å². The molecule has 3 aromatic heterocycles. The second-order valence-corrected chi connectivity index (χ2v) is 6.35. The Morgan fingerprint density at radius 2 is 1.87 bits per heavy atom. The number of rotatable bonds is 4. The SMILES string of the molecule is CC.CC#Cc1cnn2c(B(C#N)Cc3cccnc3)cc(-c3ccccc3)nc12. The molecule has 0 saturated heterocycles. The van der Waals surface area contributed by atoms with E-state index < -0.39 is 0 Å². The number of nitriles is 1. The van der Waals surface area contributed by atoms with Crippen molar-refractivity contribution in [2.24, 2.45) is 0 Å². The first-order valence-electron chi connectivity index (χ1n) is 9.95. The topological polar surface area (TPSA) is 66.9 Å². The highest BCUT2D eigenvalue weighted by Crippen LogP contribution is 2.18. The molecule has 0 radical (unpaired) electrons. The highest BCUT2D eigenvalue weighted by molar-refractivity contribution is 6.79. The minimum atomic E-state index is -0.389. The molecule has 146 valence electrons. The zero-order valence-corrected chi connectivity index (χ0v) is 17.4. The fourth-order valence-electron chi connectivity index (χ4n) is 3.18. The van der Waals surface area contributed by atoms with Crippen molar-refractivity contribution in [3.63, 3.8) is 0 Å². The molecule has 4 rings (SSSR count). The van der Waals surface area contributed by atoms with E-state index in [-0.39, 0.29) is 6.71 Å². The fourth-order valence-corrected chi connectivity index (χ4v) is 3.18. The van der Waals surface area contributed by atoms with Crippen LogP contribution in [0.3, 0.4) is 0 Å². The molecule has 0 amide bonds. The van der Waals surface area contributed by atoms with E-state index in [0.29, 0.717) is 12.0 Å². The standard InChI is InChI=1S/C22H16BN5.C2H6/c1-2-7-19-15-26-28-21(23(16-24)13-17-8-6-11-25-14-17)12-20(27-22(19)28)18-9-4-3-5-10-18;1-2/h3-6,8-12,14-15H,13H2,1H3;1-2H3. The smallest absolute Gasteiger partial charge is 0.264 e. The summed E-state index contributed by atoms with van der Waals surface area (Å²) in [4.78, 5) is 8.94. The maximum absolute atomic E-state index is 9.91. The molecule has 0 aliphatic carbocycles. The molecule has 4 aromatic rings. The van der Waals surface area contributed by atoms with Gasteiger partial charge < -0.3 is 0 Å². The number of hydrogen-bond donors (Lipinski definition) is 0. The van der Waals surface area contributed by atoms with Crippen LogP contribution in [0.2, 0.25) is 0 Å². The molecule has 0 N–H and O–H groups in total. The Kier molecular flexibility index (Phi) is 6.98. The molecule has 6 heteroatoms. The molecular weight excluding hydrogens is 369 g/mol. The fraction of sp³-hybridized carbons (Fsp3) is 0.167. The molecular formula is C24H22BN5. The van der Waals surface area contributed by atoms with Crippen LogP contribution in [0.5, 0.6) is 0 Å². The maximum Gasteiger partial charge on any atom is 0.326 e. The van der Waals surface area contributed by atoms with Crippen LogP contribution in [0.15, 0.2) is 67.1 Å². The van der Waals surface area contributed by atoms with Crippen LogP contribution in [0.1, 0.15) is 31.9 Å². The van der Waals surface area contributed by atoms with Crippen molar-refractivity contribution in [3.8, 4) is 29.1 Å². The van der Waals surface area contributed by atoms with Crippen LogP contribution in [-0.4, -0.2) is 26.3 Å². The summed E-state index contributed by atoms with van der Waals surface area (Å²) in [6.07, 6.45) is 5.77. The van der Waals surface area contributed by atoms with Gasteiger partial charge in [0, 0.05) is 29.5 Å². The molecule has 0 aliphatic rings. The normalized spacial score (nSPS) is 9.67. The second-order valence-electron chi connectivity index (χ2n) is 6.35. The highest BCUT2D eigenvalue weighted by atomic mass is 15.2. The number of benzene rings is 1. The van der Waals surface area contributed by atoms with Crippen molar-refractivity contribution in [1.29, 1.82) is 5.26 Å². The van der Waals surface area contributed by atoms with Gasteiger partial charge in [-0.15, -0.1) is 5.92 Å². The lowest BCUT2D eigenvalue weighted by Crippen LogP contribution is -2.37. The third-order valence-electron chi connectivity index (χ3n) is 4.50. The van der Waals surface area contributed by atoms with E-state index in [0.717, 1.165) is 28.0 Å². The predicted molar refractivity (Wildman–Crippen MR) is 121 cm³/mol. The summed E-state index contributed by atoms with van der Waals surface area (Å²) < 4.78 is 1.73. The predicted octanol–water partition coefficient (Wildman–Crippen LogP) is 3.74. The lowest BCUT2D eigenvalue weighted by molar-refractivity contribution is 0.966. The molecule has 0 fully saturated rings. The van der Waals surface area contributed by atoms with E-state index in [2.05, 4.69) is 27.9 Å². The van der Waals surface area contributed by atoms with Gasteiger partial charge in [0.05, 0.1) is 17.5 Å². The number of aromatic nitrogens is 4. The van der Waals surface area contributed by atoms with Gasteiger partial charge in [-0.05, 0) is 30.9 Å². The van der Waals surface area contributed by atoms with Gasteiger partial charge in [-0.1, -0.05) is 56.2 Å². The Morgan fingerprint density at radius 3 is 2.53 bits per heavy atom. The van der Waals surface area contributed by atoms with Gasteiger partial charge >= 0.3 is 6.71 Å². The Morgan fingerprint density at radius 1 is 1.07 bits per heavy atom. The van der Waals surface area contributed by atoms with Crippen molar-refractivity contribution < 1.29 is 0 Å². The Labute approximate surface area is 177 Å². The number of nitrogens with zero attached hydrogens (tertiary/aromatic N) is 5. The zero-order chi connectivity index (χ0) is 21.3. The number of fused-ring (bicyclic) bond motifs is 1. The average molecular weight is 391 g/mol. The van der Waals surface area contributed by atoms with Gasteiger partial charge in [-0.3, -0.25) is 4.98 Å². The zero-order valence-electron chi connectivity index (χ0n) is 17.4. The molecule has 0 spiro atoms. The molecule has 3 heterocycles. The van der Waals surface area contributed by atoms with Crippen LogP contribution in [0.4, 0.5) is 0 Å². The average Bonchev–Trinajstić information content (AvgIpc) is 3.23. The molecule has 0 unspecified atom stereocenters. The van der Waals surface area contributed by atoms with Crippen molar-refractivity contribution in [1.82, 2.24) is 19.6 Å². The summed E-state index contributed by atoms with van der Waals surface area (Å²) in [5.74, 6) is 8.39. The minimum Gasteiger partial charge on any atom is -0.264 e. The first-order valence-corrected chi connectivity index (χ1v) is 9.95. The summed E-state index contributed by atoms with van der Waals surface area (Å²) in [5.41, 5.74) is 4.99. The first-order chi connectivity index (χ1) is 14.8. The van der Waals surface area contributed by atoms with Crippen LogP contribution in [0.25, 0.3) is 16.9 Å². The summed E-state index contributed by atoms with van der Waals surface area (Å²) in [6, 6.07) is 15.7. The Hall–Kier alpha value is -3.90. The minimum absolute atomic E-state index is 0.389. The summed E-state index contributed by atoms with van der Waals surface area (Å²) in [6.45, 7) is 5.39. The molecule has 5 nitrogen and oxygen atoms in total. The lowest BCUT2D eigenvalue weighted by Gasteiger charge is -2.11. The van der Waals surface area contributed by atoms with E-state index in [1.165, 1.54) is 0 Å².